The van der Waals surface area contributed by atoms with Crippen LogP contribution in [-0.2, 0) is 23.1 Å². The van der Waals surface area contributed by atoms with E-state index < -0.39 is 10.0 Å². The molecule has 29 heavy (non-hydrogen) atoms. The summed E-state index contributed by atoms with van der Waals surface area (Å²) in [6.45, 7) is 2.13. The van der Waals surface area contributed by atoms with Crippen LogP contribution >= 0.6 is 0 Å². The summed E-state index contributed by atoms with van der Waals surface area (Å²) in [7, 11) is -1.75. The van der Waals surface area contributed by atoms with Gasteiger partial charge in [-0.2, -0.15) is 4.31 Å². The first-order valence-electron chi connectivity index (χ1n) is 9.77. The molecule has 8 heteroatoms. The second kappa shape index (κ2) is 9.84. The van der Waals surface area contributed by atoms with Gasteiger partial charge in [-0.25, -0.2) is 12.8 Å². The number of nitrogens with one attached hydrogen (secondary N) is 2. The summed E-state index contributed by atoms with van der Waals surface area (Å²) in [6, 6.07) is 13.3. The van der Waals surface area contributed by atoms with Crippen LogP contribution in [-0.4, -0.2) is 38.8 Å². The Hall–Kier alpha value is -2.45. The average Bonchev–Trinajstić information content (AvgIpc) is 2.75. The normalized spacial score (nSPS) is 15.9. The summed E-state index contributed by atoms with van der Waals surface area (Å²) < 4.78 is 40.2. The topological polar surface area (TPSA) is 73.8 Å². The molecule has 1 heterocycles. The van der Waals surface area contributed by atoms with Crippen LogP contribution in [0.4, 0.5) is 4.39 Å². The summed E-state index contributed by atoms with van der Waals surface area (Å²) in [5.41, 5.74) is 1.76. The van der Waals surface area contributed by atoms with Crippen molar-refractivity contribution in [2.75, 3.05) is 20.1 Å². The van der Waals surface area contributed by atoms with Crippen LogP contribution in [0.3, 0.4) is 0 Å². The Morgan fingerprint density at radius 2 is 1.66 bits per heavy atom. The summed E-state index contributed by atoms with van der Waals surface area (Å²) in [4.78, 5) is 4.49. The van der Waals surface area contributed by atoms with Crippen LogP contribution in [0.1, 0.15) is 30.4 Å². The molecule has 0 bridgehead atoms. The molecule has 0 spiro atoms. The smallest absolute Gasteiger partial charge is 0.243 e. The monoisotopic (exact) mass is 418 g/mol. The zero-order valence-corrected chi connectivity index (χ0v) is 17.4. The predicted octanol–water partition coefficient (Wildman–Crippen LogP) is 2.87. The fourth-order valence-electron chi connectivity index (χ4n) is 3.27. The molecule has 0 aliphatic carbocycles. The van der Waals surface area contributed by atoms with Gasteiger partial charge in [0.25, 0.3) is 0 Å². The highest BCUT2D eigenvalue weighted by molar-refractivity contribution is 7.89. The minimum atomic E-state index is -3.41. The Morgan fingerprint density at radius 1 is 1.00 bits per heavy atom. The van der Waals surface area contributed by atoms with Crippen LogP contribution in [0, 0.1) is 5.82 Å². The number of halogens is 1. The van der Waals surface area contributed by atoms with Gasteiger partial charge in [-0.15, -0.1) is 0 Å². The van der Waals surface area contributed by atoms with Gasteiger partial charge in [-0.3, -0.25) is 4.99 Å². The Morgan fingerprint density at radius 3 is 2.28 bits per heavy atom. The van der Waals surface area contributed by atoms with Crippen molar-refractivity contribution < 1.29 is 12.8 Å². The molecule has 156 valence electrons. The molecule has 0 radical (unpaired) electrons. The van der Waals surface area contributed by atoms with E-state index >= 15 is 0 Å². The lowest BCUT2D eigenvalue weighted by Gasteiger charge is -2.25. The van der Waals surface area contributed by atoms with Crippen molar-refractivity contribution in [3.8, 4) is 0 Å². The summed E-state index contributed by atoms with van der Waals surface area (Å²) in [5.74, 6) is 0.311. The quantitative estimate of drug-likeness (QED) is 0.559. The Kier molecular flexibility index (Phi) is 7.22. The molecule has 0 aromatic heterocycles. The molecule has 1 saturated heterocycles. The maximum absolute atomic E-state index is 13.3. The summed E-state index contributed by atoms with van der Waals surface area (Å²) in [6.07, 6.45) is 2.93. The van der Waals surface area contributed by atoms with Crippen molar-refractivity contribution in [1.82, 2.24) is 14.9 Å². The number of sulfonamides is 1. The third-order valence-corrected chi connectivity index (χ3v) is 6.82. The lowest BCUT2D eigenvalue weighted by Crippen LogP contribution is -2.36. The number of rotatable bonds is 6. The van der Waals surface area contributed by atoms with Gasteiger partial charge < -0.3 is 10.6 Å². The fourth-order valence-corrected chi connectivity index (χ4v) is 4.79. The van der Waals surface area contributed by atoms with E-state index in [1.54, 1.807) is 29.6 Å². The van der Waals surface area contributed by atoms with Crippen molar-refractivity contribution in [3.05, 3.63) is 65.5 Å². The molecule has 0 atom stereocenters. The molecule has 0 saturated carbocycles. The average molecular weight is 419 g/mol. The van der Waals surface area contributed by atoms with Crippen LogP contribution in [0.5, 0.6) is 0 Å². The van der Waals surface area contributed by atoms with Gasteiger partial charge in [0.15, 0.2) is 5.96 Å². The molecule has 2 N–H and O–H groups in total. The lowest BCUT2D eigenvalue weighted by atomic mass is 10.2. The van der Waals surface area contributed by atoms with Gasteiger partial charge in [0, 0.05) is 33.2 Å². The van der Waals surface area contributed by atoms with Gasteiger partial charge in [-0.05, 0) is 48.2 Å². The van der Waals surface area contributed by atoms with Crippen molar-refractivity contribution in [2.24, 2.45) is 4.99 Å². The van der Waals surface area contributed by atoms with Crippen molar-refractivity contribution in [1.29, 1.82) is 0 Å². The minimum absolute atomic E-state index is 0.271. The highest BCUT2D eigenvalue weighted by Gasteiger charge is 2.25. The van der Waals surface area contributed by atoms with E-state index in [4.69, 9.17) is 0 Å². The number of piperidine rings is 1. The number of nitrogens with zero attached hydrogens (tertiary/aromatic N) is 2. The number of aliphatic imine (C=N–C) groups is 1. The molecule has 1 aliphatic heterocycles. The zero-order valence-electron chi connectivity index (χ0n) is 16.6. The SMILES string of the molecule is CN=C(NCc1ccc(S(=O)(=O)N2CCCCC2)cc1)NCc1cccc(F)c1. The van der Waals surface area contributed by atoms with E-state index in [0.29, 0.717) is 37.0 Å². The van der Waals surface area contributed by atoms with E-state index in [1.807, 2.05) is 18.2 Å². The van der Waals surface area contributed by atoms with Gasteiger partial charge in [0.05, 0.1) is 4.90 Å². The zero-order chi connectivity index (χ0) is 20.7. The molecular weight excluding hydrogens is 391 g/mol. The predicted molar refractivity (Wildman–Crippen MR) is 112 cm³/mol. The third-order valence-electron chi connectivity index (χ3n) is 4.91. The second-order valence-corrected chi connectivity index (χ2v) is 8.96. The molecule has 1 aliphatic rings. The van der Waals surface area contributed by atoms with E-state index in [2.05, 4.69) is 15.6 Å². The van der Waals surface area contributed by atoms with Gasteiger partial charge in [0.2, 0.25) is 10.0 Å². The first-order valence-corrected chi connectivity index (χ1v) is 11.2. The molecule has 6 nitrogen and oxygen atoms in total. The molecule has 0 amide bonds. The lowest BCUT2D eigenvalue weighted by molar-refractivity contribution is 0.346. The Balaban J connectivity index is 1.55. The second-order valence-electron chi connectivity index (χ2n) is 7.02. The standard InChI is InChI=1S/C21H27FN4O2S/c1-23-21(25-16-18-6-5-7-19(22)14-18)24-15-17-8-10-20(11-9-17)29(27,28)26-12-3-2-4-13-26/h5-11,14H,2-4,12-13,15-16H2,1H3,(H2,23,24,25). The van der Waals surface area contributed by atoms with Crippen LogP contribution in [0.15, 0.2) is 58.4 Å². The largest absolute Gasteiger partial charge is 0.352 e. The van der Waals surface area contributed by atoms with E-state index in [-0.39, 0.29) is 5.82 Å². The number of hydrogen-bond donors (Lipinski definition) is 2. The maximum Gasteiger partial charge on any atom is 0.243 e. The Bertz CT molecular complexity index is 939. The molecule has 0 unspecified atom stereocenters. The molecule has 2 aromatic rings. The number of benzene rings is 2. The minimum Gasteiger partial charge on any atom is -0.352 e. The van der Waals surface area contributed by atoms with Gasteiger partial charge in [0.1, 0.15) is 5.82 Å². The van der Waals surface area contributed by atoms with Crippen molar-refractivity contribution in [3.63, 3.8) is 0 Å². The van der Waals surface area contributed by atoms with Crippen molar-refractivity contribution >= 4 is 16.0 Å². The van der Waals surface area contributed by atoms with E-state index in [9.17, 15) is 12.8 Å². The molecule has 1 fully saturated rings. The summed E-state index contributed by atoms with van der Waals surface area (Å²) >= 11 is 0. The van der Waals surface area contributed by atoms with Crippen LogP contribution in [0.25, 0.3) is 0 Å². The number of hydrogen-bond acceptors (Lipinski definition) is 3. The van der Waals surface area contributed by atoms with Crippen LogP contribution in [0.2, 0.25) is 0 Å². The molecule has 3 rings (SSSR count). The maximum atomic E-state index is 13.3. The fraction of sp³-hybridized carbons (Fsp3) is 0.381. The van der Waals surface area contributed by atoms with Gasteiger partial charge in [-0.1, -0.05) is 30.7 Å². The highest BCUT2D eigenvalue weighted by atomic mass is 32.2. The molecule has 2 aromatic carbocycles. The first kappa shape index (κ1) is 21.3. The number of guanidine groups is 1. The van der Waals surface area contributed by atoms with Gasteiger partial charge >= 0.3 is 0 Å². The Labute approximate surface area is 171 Å². The summed E-state index contributed by atoms with van der Waals surface area (Å²) in [5, 5.41) is 6.31. The van der Waals surface area contributed by atoms with Crippen LogP contribution < -0.4 is 10.6 Å². The van der Waals surface area contributed by atoms with E-state index in [1.165, 1.54) is 12.1 Å². The third kappa shape index (κ3) is 5.77. The van der Waals surface area contributed by atoms with Crippen molar-refractivity contribution in [2.45, 2.75) is 37.2 Å². The first-order chi connectivity index (χ1) is 14.0. The van der Waals surface area contributed by atoms with E-state index in [0.717, 1.165) is 30.4 Å². The molecular formula is C21H27FN4O2S. The highest BCUT2D eigenvalue weighted by Crippen LogP contribution is 2.20.